The van der Waals surface area contributed by atoms with Crippen LogP contribution < -0.4 is 5.32 Å². The molecule has 3 saturated heterocycles. The molecule has 0 spiro atoms. The first-order chi connectivity index (χ1) is 15.5. The van der Waals surface area contributed by atoms with Gasteiger partial charge in [-0.15, -0.1) is 0 Å². The lowest BCUT2D eigenvalue weighted by atomic mass is 9.97. The van der Waals surface area contributed by atoms with Gasteiger partial charge < -0.3 is 24.9 Å². The van der Waals surface area contributed by atoms with Crippen molar-refractivity contribution >= 4 is 17.8 Å². The molecule has 8 heteroatoms. The van der Waals surface area contributed by atoms with Crippen molar-refractivity contribution in [2.45, 2.75) is 32.2 Å². The van der Waals surface area contributed by atoms with Crippen molar-refractivity contribution in [3.05, 3.63) is 35.4 Å². The fourth-order valence-corrected chi connectivity index (χ4v) is 4.76. The summed E-state index contributed by atoms with van der Waals surface area (Å²) in [7, 11) is 2.07. The molecular weight excluding hydrogens is 406 g/mol. The van der Waals surface area contributed by atoms with Gasteiger partial charge in [-0.1, -0.05) is 12.1 Å². The Kier molecular flexibility index (Phi) is 7.29. The number of rotatable bonds is 4. The summed E-state index contributed by atoms with van der Waals surface area (Å²) >= 11 is 0. The van der Waals surface area contributed by atoms with Crippen molar-refractivity contribution in [2.24, 2.45) is 5.92 Å². The second-order valence-corrected chi connectivity index (χ2v) is 9.27. The van der Waals surface area contributed by atoms with Crippen LogP contribution in [-0.2, 0) is 11.3 Å². The van der Waals surface area contributed by atoms with E-state index in [2.05, 4.69) is 17.3 Å². The molecule has 0 unspecified atom stereocenters. The molecule has 1 aromatic rings. The molecule has 8 nitrogen and oxygen atoms in total. The largest absolute Gasteiger partial charge is 0.352 e. The number of urea groups is 1. The predicted molar refractivity (Wildman–Crippen MR) is 122 cm³/mol. The van der Waals surface area contributed by atoms with E-state index in [-0.39, 0.29) is 23.8 Å². The van der Waals surface area contributed by atoms with Gasteiger partial charge in [0.1, 0.15) is 0 Å². The van der Waals surface area contributed by atoms with Gasteiger partial charge in [0.2, 0.25) is 5.91 Å². The van der Waals surface area contributed by atoms with Gasteiger partial charge in [-0.2, -0.15) is 0 Å². The Morgan fingerprint density at radius 2 is 1.50 bits per heavy atom. The fraction of sp³-hybridized carbons (Fsp3) is 0.625. The molecule has 0 aliphatic carbocycles. The van der Waals surface area contributed by atoms with Gasteiger partial charge in [0, 0.05) is 64.5 Å². The average Bonchev–Trinajstić information content (AvgIpc) is 3.37. The number of amides is 4. The van der Waals surface area contributed by atoms with Gasteiger partial charge in [-0.05, 0) is 50.4 Å². The van der Waals surface area contributed by atoms with Crippen molar-refractivity contribution in [2.75, 3.05) is 59.4 Å². The van der Waals surface area contributed by atoms with E-state index in [0.717, 1.165) is 77.1 Å². The van der Waals surface area contributed by atoms with E-state index in [1.165, 1.54) is 0 Å². The zero-order valence-corrected chi connectivity index (χ0v) is 19.1. The molecule has 4 rings (SSSR count). The number of hydrogen-bond donors (Lipinski definition) is 1. The highest BCUT2D eigenvalue weighted by atomic mass is 16.2. The van der Waals surface area contributed by atoms with Crippen molar-refractivity contribution in [3.8, 4) is 0 Å². The van der Waals surface area contributed by atoms with Gasteiger partial charge in [-0.3, -0.25) is 9.59 Å². The number of likely N-dealkylation sites (tertiary alicyclic amines) is 2. The number of likely N-dealkylation sites (N-methyl/N-ethyl adjacent to an activating group) is 1. The van der Waals surface area contributed by atoms with Crippen molar-refractivity contribution < 1.29 is 14.4 Å². The fourth-order valence-electron chi connectivity index (χ4n) is 4.76. The normalized spacial score (nSPS) is 22.2. The number of benzene rings is 1. The lowest BCUT2D eigenvalue weighted by Gasteiger charge is -2.34. The van der Waals surface area contributed by atoms with E-state index in [9.17, 15) is 14.4 Å². The lowest BCUT2D eigenvalue weighted by Crippen LogP contribution is -2.49. The minimum Gasteiger partial charge on any atom is -0.352 e. The van der Waals surface area contributed by atoms with E-state index in [0.29, 0.717) is 18.7 Å². The molecule has 1 aromatic carbocycles. The number of carbonyl (C=O) groups is 3. The molecule has 4 amide bonds. The van der Waals surface area contributed by atoms with Gasteiger partial charge in [-0.25, -0.2) is 4.79 Å². The Labute approximate surface area is 190 Å². The third-order valence-corrected chi connectivity index (χ3v) is 6.90. The molecule has 174 valence electrons. The van der Waals surface area contributed by atoms with Gasteiger partial charge >= 0.3 is 6.03 Å². The maximum absolute atomic E-state index is 12.7. The first-order valence-electron chi connectivity index (χ1n) is 11.9. The quantitative estimate of drug-likeness (QED) is 0.771. The van der Waals surface area contributed by atoms with Crippen molar-refractivity contribution in [3.63, 3.8) is 0 Å². The highest BCUT2D eigenvalue weighted by Gasteiger charge is 2.31. The van der Waals surface area contributed by atoms with E-state index in [1.54, 1.807) is 0 Å². The predicted octanol–water partition coefficient (Wildman–Crippen LogP) is 1.62. The number of carbonyl (C=O) groups excluding carboxylic acids is 3. The second kappa shape index (κ2) is 10.3. The molecule has 0 bridgehead atoms. The van der Waals surface area contributed by atoms with Crippen LogP contribution in [0.25, 0.3) is 0 Å². The standard InChI is InChI=1S/C24H35N5O3/c1-26-13-15-27(16-14-26)23(31)20-8-6-19(7-9-20)17-25-22(30)21-5-4-12-29(18-21)24(32)28-10-2-3-11-28/h6-9,21H,2-5,10-18H2,1H3,(H,25,30)/t21-/m0/s1. The molecule has 1 atom stereocenters. The third-order valence-electron chi connectivity index (χ3n) is 6.90. The second-order valence-electron chi connectivity index (χ2n) is 9.27. The minimum atomic E-state index is -0.159. The van der Waals surface area contributed by atoms with Crippen LogP contribution in [0.3, 0.4) is 0 Å². The van der Waals surface area contributed by atoms with E-state index >= 15 is 0 Å². The molecule has 0 saturated carbocycles. The van der Waals surface area contributed by atoms with Crippen LogP contribution in [0, 0.1) is 5.92 Å². The minimum absolute atomic E-state index is 0.00140. The number of piperazine rings is 1. The Balaban J connectivity index is 1.25. The Morgan fingerprint density at radius 3 is 2.19 bits per heavy atom. The molecule has 0 radical (unpaired) electrons. The molecule has 3 fully saturated rings. The number of nitrogens with one attached hydrogen (secondary N) is 1. The van der Waals surface area contributed by atoms with Crippen LogP contribution in [0.5, 0.6) is 0 Å². The van der Waals surface area contributed by atoms with Crippen LogP contribution in [0.2, 0.25) is 0 Å². The summed E-state index contributed by atoms with van der Waals surface area (Å²) in [5, 5.41) is 3.02. The summed E-state index contributed by atoms with van der Waals surface area (Å²) in [6, 6.07) is 7.60. The van der Waals surface area contributed by atoms with Crippen molar-refractivity contribution in [1.82, 2.24) is 24.9 Å². The SMILES string of the molecule is CN1CCN(C(=O)c2ccc(CNC(=O)[C@H]3CCCN(C(=O)N4CCCC4)C3)cc2)CC1. The maximum atomic E-state index is 12.7. The maximum Gasteiger partial charge on any atom is 0.320 e. The molecule has 1 N–H and O–H groups in total. The summed E-state index contributed by atoms with van der Waals surface area (Å²) in [5.41, 5.74) is 1.65. The number of hydrogen-bond acceptors (Lipinski definition) is 4. The molecule has 0 aromatic heterocycles. The summed E-state index contributed by atoms with van der Waals surface area (Å²) in [6.45, 7) is 6.65. The zero-order valence-electron chi connectivity index (χ0n) is 19.1. The Bertz CT molecular complexity index is 813. The van der Waals surface area contributed by atoms with E-state index in [4.69, 9.17) is 0 Å². The Morgan fingerprint density at radius 1 is 0.844 bits per heavy atom. The molecule has 3 aliphatic heterocycles. The smallest absolute Gasteiger partial charge is 0.320 e. The number of piperidine rings is 1. The highest BCUT2D eigenvalue weighted by molar-refractivity contribution is 5.94. The Hall–Kier alpha value is -2.61. The molecule has 32 heavy (non-hydrogen) atoms. The monoisotopic (exact) mass is 441 g/mol. The first-order valence-corrected chi connectivity index (χ1v) is 11.9. The summed E-state index contributed by atoms with van der Waals surface area (Å²) in [6.07, 6.45) is 3.82. The summed E-state index contributed by atoms with van der Waals surface area (Å²) in [4.78, 5) is 45.9. The van der Waals surface area contributed by atoms with Crippen LogP contribution in [0.4, 0.5) is 4.79 Å². The molecule has 3 aliphatic rings. The van der Waals surface area contributed by atoms with Crippen LogP contribution in [0.15, 0.2) is 24.3 Å². The van der Waals surface area contributed by atoms with Crippen molar-refractivity contribution in [1.29, 1.82) is 0 Å². The van der Waals surface area contributed by atoms with E-state index < -0.39 is 0 Å². The van der Waals surface area contributed by atoms with Gasteiger partial charge in [0.05, 0.1) is 5.92 Å². The average molecular weight is 442 g/mol. The zero-order chi connectivity index (χ0) is 22.5. The van der Waals surface area contributed by atoms with Crippen LogP contribution in [-0.4, -0.2) is 96.9 Å². The number of nitrogens with zero attached hydrogens (tertiary/aromatic N) is 4. The van der Waals surface area contributed by atoms with E-state index in [1.807, 2.05) is 39.0 Å². The van der Waals surface area contributed by atoms with Gasteiger partial charge in [0.15, 0.2) is 0 Å². The summed E-state index contributed by atoms with van der Waals surface area (Å²) in [5.74, 6) is -0.0893. The van der Waals surface area contributed by atoms with Gasteiger partial charge in [0.25, 0.3) is 5.91 Å². The third kappa shape index (κ3) is 5.41. The molecular formula is C24H35N5O3. The topological polar surface area (TPSA) is 76.2 Å². The van der Waals surface area contributed by atoms with Crippen LogP contribution in [0.1, 0.15) is 41.6 Å². The highest BCUT2D eigenvalue weighted by Crippen LogP contribution is 2.20. The lowest BCUT2D eigenvalue weighted by molar-refractivity contribution is -0.126. The van der Waals surface area contributed by atoms with Crippen LogP contribution >= 0.6 is 0 Å². The first kappa shape index (κ1) is 22.6. The molecule has 3 heterocycles. The summed E-state index contributed by atoms with van der Waals surface area (Å²) < 4.78 is 0.